The summed E-state index contributed by atoms with van der Waals surface area (Å²) >= 11 is 0. The highest BCUT2D eigenvalue weighted by atomic mass is 16.5. The van der Waals surface area contributed by atoms with Gasteiger partial charge in [-0.05, 0) is 30.5 Å². The maximum atomic E-state index is 5.30. The SMILES string of the molecule is COCc1noc(-c2cccc3c2CCCN3)n1. The minimum absolute atomic E-state index is 0.372. The van der Waals surface area contributed by atoms with E-state index < -0.39 is 0 Å². The van der Waals surface area contributed by atoms with Crippen LogP contribution in [0.4, 0.5) is 5.69 Å². The largest absolute Gasteiger partial charge is 0.385 e. The minimum Gasteiger partial charge on any atom is -0.385 e. The molecule has 94 valence electrons. The molecule has 1 aliphatic rings. The third-order valence-corrected chi connectivity index (χ3v) is 3.07. The van der Waals surface area contributed by atoms with Gasteiger partial charge in [0.1, 0.15) is 6.61 Å². The molecule has 2 heterocycles. The van der Waals surface area contributed by atoms with Crippen molar-refractivity contribution in [3.63, 3.8) is 0 Å². The normalized spacial score (nSPS) is 14.1. The summed E-state index contributed by atoms with van der Waals surface area (Å²) in [5.41, 5.74) is 3.45. The van der Waals surface area contributed by atoms with Gasteiger partial charge in [-0.15, -0.1) is 0 Å². The molecular weight excluding hydrogens is 230 g/mol. The van der Waals surface area contributed by atoms with Gasteiger partial charge in [-0.3, -0.25) is 0 Å². The lowest BCUT2D eigenvalue weighted by molar-refractivity contribution is 0.174. The highest BCUT2D eigenvalue weighted by Gasteiger charge is 2.17. The Balaban J connectivity index is 2.00. The molecule has 1 aromatic carbocycles. The van der Waals surface area contributed by atoms with Gasteiger partial charge < -0.3 is 14.6 Å². The number of ether oxygens (including phenoxy) is 1. The Kier molecular flexibility index (Phi) is 2.98. The van der Waals surface area contributed by atoms with Crippen molar-refractivity contribution in [2.45, 2.75) is 19.4 Å². The number of aromatic nitrogens is 2. The Morgan fingerprint density at radius 3 is 3.28 bits per heavy atom. The van der Waals surface area contributed by atoms with E-state index in [4.69, 9.17) is 9.26 Å². The van der Waals surface area contributed by atoms with Crippen LogP contribution in [0.3, 0.4) is 0 Å². The van der Waals surface area contributed by atoms with E-state index in [2.05, 4.69) is 21.5 Å². The van der Waals surface area contributed by atoms with Crippen LogP contribution in [-0.4, -0.2) is 23.8 Å². The predicted molar refractivity (Wildman–Crippen MR) is 67.3 cm³/mol. The van der Waals surface area contributed by atoms with Gasteiger partial charge in [0.15, 0.2) is 5.82 Å². The molecule has 0 amide bonds. The quantitative estimate of drug-likeness (QED) is 0.898. The fraction of sp³-hybridized carbons (Fsp3) is 0.385. The van der Waals surface area contributed by atoms with E-state index in [1.54, 1.807) is 7.11 Å². The molecule has 0 radical (unpaired) electrons. The lowest BCUT2D eigenvalue weighted by Gasteiger charge is -2.19. The van der Waals surface area contributed by atoms with Crippen LogP contribution in [0.5, 0.6) is 0 Å². The second-order valence-electron chi connectivity index (χ2n) is 4.31. The van der Waals surface area contributed by atoms with Gasteiger partial charge in [0.25, 0.3) is 5.89 Å². The van der Waals surface area contributed by atoms with Gasteiger partial charge in [0, 0.05) is 24.9 Å². The number of fused-ring (bicyclic) bond motifs is 1. The molecule has 0 atom stereocenters. The van der Waals surface area contributed by atoms with E-state index in [0.717, 1.165) is 24.9 Å². The van der Waals surface area contributed by atoms with Crippen LogP contribution in [0, 0.1) is 0 Å². The summed E-state index contributed by atoms with van der Waals surface area (Å²) in [6.45, 7) is 1.39. The van der Waals surface area contributed by atoms with E-state index in [1.165, 1.54) is 11.3 Å². The molecule has 0 saturated heterocycles. The molecule has 0 fully saturated rings. The Labute approximate surface area is 105 Å². The molecule has 0 saturated carbocycles. The average Bonchev–Trinajstić information content (AvgIpc) is 2.87. The third-order valence-electron chi connectivity index (χ3n) is 3.07. The molecule has 1 aliphatic heterocycles. The van der Waals surface area contributed by atoms with Crippen molar-refractivity contribution < 1.29 is 9.26 Å². The molecule has 0 spiro atoms. The van der Waals surface area contributed by atoms with Gasteiger partial charge in [-0.2, -0.15) is 4.98 Å². The second kappa shape index (κ2) is 4.78. The molecular formula is C13H15N3O2. The standard InChI is InChI=1S/C13H15N3O2/c1-17-8-12-15-13(18-16-12)10-4-2-6-11-9(10)5-3-7-14-11/h2,4,6,14H,3,5,7-8H2,1H3. The molecule has 3 rings (SSSR count). The van der Waals surface area contributed by atoms with Crippen molar-refractivity contribution in [2.24, 2.45) is 0 Å². The first-order chi connectivity index (χ1) is 8.88. The molecule has 1 aromatic heterocycles. The van der Waals surface area contributed by atoms with Crippen LogP contribution >= 0.6 is 0 Å². The van der Waals surface area contributed by atoms with Gasteiger partial charge in [0.05, 0.1) is 0 Å². The van der Waals surface area contributed by atoms with Crippen molar-refractivity contribution in [3.8, 4) is 11.5 Å². The van der Waals surface area contributed by atoms with Crippen molar-refractivity contribution in [2.75, 3.05) is 19.0 Å². The second-order valence-corrected chi connectivity index (χ2v) is 4.31. The molecule has 2 aromatic rings. The van der Waals surface area contributed by atoms with Crippen molar-refractivity contribution >= 4 is 5.69 Å². The summed E-state index contributed by atoms with van der Waals surface area (Å²) < 4.78 is 10.3. The fourth-order valence-electron chi connectivity index (χ4n) is 2.26. The zero-order valence-electron chi connectivity index (χ0n) is 10.3. The summed E-state index contributed by atoms with van der Waals surface area (Å²) in [6.07, 6.45) is 2.17. The van der Waals surface area contributed by atoms with Crippen LogP contribution in [0.15, 0.2) is 22.7 Å². The van der Waals surface area contributed by atoms with Crippen LogP contribution in [0.2, 0.25) is 0 Å². The number of hydrogen-bond donors (Lipinski definition) is 1. The van der Waals surface area contributed by atoms with Crippen molar-refractivity contribution in [3.05, 3.63) is 29.6 Å². The predicted octanol–water partition coefficient (Wildman–Crippen LogP) is 2.24. The number of methoxy groups -OCH3 is 1. The number of rotatable bonds is 3. The van der Waals surface area contributed by atoms with Gasteiger partial charge in [-0.25, -0.2) is 0 Å². The van der Waals surface area contributed by atoms with E-state index in [0.29, 0.717) is 18.3 Å². The van der Waals surface area contributed by atoms with E-state index in [9.17, 15) is 0 Å². The Morgan fingerprint density at radius 1 is 1.44 bits per heavy atom. The maximum Gasteiger partial charge on any atom is 0.258 e. The van der Waals surface area contributed by atoms with Crippen LogP contribution in [-0.2, 0) is 17.8 Å². The van der Waals surface area contributed by atoms with Crippen molar-refractivity contribution in [1.29, 1.82) is 0 Å². The number of benzene rings is 1. The molecule has 0 aliphatic carbocycles. The Bertz CT molecular complexity index is 551. The zero-order valence-corrected chi connectivity index (χ0v) is 10.3. The number of hydrogen-bond acceptors (Lipinski definition) is 5. The highest BCUT2D eigenvalue weighted by molar-refractivity contribution is 5.69. The smallest absolute Gasteiger partial charge is 0.258 e. The molecule has 1 N–H and O–H groups in total. The number of nitrogens with one attached hydrogen (secondary N) is 1. The van der Waals surface area contributed by atoms with Crippen LogP contribution in [0.25, 0.3) is 11.5 Å². The summed E-state index contributed by atoms with van der Waals surface area (Å²) in [6, 6.07) is 6.12. The van der Waals surface area contributed by atoms with E-state index in [1.807, 2.05) is 12.1 Å². The first-order valence-electron chi connectivity index (χ1n) is 6.06. The summed E-state index contributed by atoms with van der Waals surface area (Å²) in [5, 5.41) is 7.29. The van der Waals surface area contributed by atoms with Crippen molar-refractivity contribution in [1.82, 2.24) is 10.1 Å². The van der Waals surface area contributed by atoms with Crippen LogP contribution < -0.4 is 5.32 Å². The molecule has 5 heteroatoms. The molecule has 5 nitrogen and oxygen atoms in total. The van der Waals surface area contributed by atoms with Crippen LogP contribution in [0.1, 0.15) is 17.8 Å². The third kappa shape index (κ3) is 1.97. The average molecular weight is 245 g/mol. The van der Waals surface area contributed by atoms with Gasteiger partial charge in [0.2, 0.25) is 0 Å². The Hall–Kier alpha value is -1.88. The highest BCUT2D eigenvalue weighted by Crippen LogP contribution is 2.31. The summed E-state index contributed by atoms with van der Waals surface area (Å²) in [7, 11) is 1.62. The number of nitrogens with zero attached hydrogens (tertiary/aromatic N) is 2. The molecule has 18 heavy (non-hydrogen) atoms. The topological polar surface area (TPSA) is 60.2 Å². The number of anilines is 1. The first kappa shape index (κ1) is 11.2. The zero-order chi connectivity index (χ0) is 12.4. The van der Waals surface area contributed by atoms with Gasteiger partial charge in [-0.1, -0.05) is 11.2 Å². The van der Waals surface area contributed by atoms with E-state index >= 15 is 0 Å². The monoisotopic (exact) mass is 245 g/mol. The van der Waals surface area contributed by atoms with Gasteiger partial charge >= 0.3 is 0 Å². The maximum absolute atomic E-state index is 5.30. The summed E-state index contributed by atoms with van der Waals surface area (Å²) in [4.78, 5) is 4.35. The first-order valence-corrected chi connectivity index (χ1v) is 6.06. The van der Waals surface area contributed by atoms with E-state index in [-0.39, 0.29) is 0 Å². The molecule has 0 bridgehead atoms. The molecule has 0 unspecified atom stereocenters. The lowest BCUT2D eigenvalue weighted by Crippen LogP contribution is -2.12. The lowest BCUT2D eigenvalue weighted by atomic mass is 9.97. The fourth-order valence-corrected chi connectivity index (χ4v) is 2.26. The Morgan fingerprint density at radius 2 is 2.39 bits per heavy atom. The minimum atomic E-state index is 0.372. The summed E-state index contributed by atoms with van der Waals surface area (Å²) in [5.74, 6) is 1.15.